The number of hydrogen-bond acceptors (Lipinski definition) is 5. The summed E-state index contributed by atoms with van der Waals surface area (Å²) < 4.78 is 40.5. The third kappa shape index (κ3) is 5.70. The lowest BCUT2D eigenvalue weighted by atomic mass is 10.3. The van der Waals surface area contributed by atoms with Crippen LogP contribution in [0.4, 0.5) is 24.7 Å². The first kappa shape index (κ1) is 16.6. The standard InChI is InChI=1S/C10H11BrF3N3O3/c1-6(4-20-5-10(12,13)14)16-9-8(11)2-7(3-15-9)17(18)19/h2-3,6H,4-5H2,1H3,(H,15,16). The summed E-state index contributed by atoms with van der Waals surface area (Å²) in [6.07, 6.45) is -3.32. The van der Waals surface area contributed by atoms with E-state index in [1.807, 2.05) is 0 Å². The van der Waals surface area contributed by atoms with Gasteiger partial charge in [0.2, 0.25) is 0 Å². The molecule has 0 aromatic carbocycles. The van der Waals surface area contributed by atoms with Crippen molar-refractivity contribution in [3.05, 3.63) is 26.9 Å². The Balaban J connectivity index is 2.54. The molecule has 1 aromatic heterocycles. The molecule has 0 aliphatic heterocycles. The maximum absolute atomic E-state index is 11.9. The first-order valence-electron chi connectivity index (χ1n) is 5.40. The van der Waals surface area contributed by atoms with Crippen molar-refractivity contribution in [1.29, 1.82) is 0 Å². The molecular weight excluding hydrogens is 347 g/mol. The Morgan fingerprint density at radius 2 is 2.25 bits per heavy atom. The van der Waals surface area contributed by atoms with Gasteiger partial charge in [-0.2, -0.15) is 13.2 Å². The van der Waals surface area contributed by atoms with Crippen LogP contribution in [0.2, 0.25) is 0 Å². The van der Waals surface area contributed by atoms with Gasteiger partial charge in [0.15, 0.2) is 0 Å². The van der Waals surface area contributed by atoms with Crippen LogP contribution in [-0.4, -0.2) is 35.3 Å². The number of rotatable bonds is 6. The van der Waals surface area contributed by atoms with Crippen molar-refractivity contribution in [3.63, 3.8) is 0 Å². The summed E-state index contributed by atoms with van der Waals surface area (Å²) in [5.74, 6) is 0.290. The van der Waals surface area contributed by atoms with Crippen LogP contribution in [0.25, 0.3) is 0 Å². The van der Waals surface area contributed by atoms with E-state index in [9.17, 15) is 23.3 Å². The molecule has 0 aliphatic carbocycles. The average molecular weight is 358 g/mol. The summed E-state index contributed by atoms with van der Waals surface area (Å²) in [4.78, 5) is 13.7. The van der Waals surface area contributed by atoms with Gasteiger partial charge in [-0.3, -0.25) is 10.1 Å². The van der Waals surface area contributed by atoms with Crippen molar-refractivity contribution in [2.45, 2.75) is 19.1 Å². The topological polar surface area (TPSA) is 77.3 Å². The number of hydrogen-bond donors (Lipinski definition) is 1. The molecule has 112 valence electrons. The second-order valence-corrected chi connectivity index (χ2v) is 4.81. The molecule has 0 bridgehead atoms. The van der Waals surface area contributed by atoms with Crippen LogP contribution in [0.1, 0.15) is 6.92 Å². The van der Waals surface area contributed by atoms with Crippen LogP contribution in [0, 0.1) is 10.1 Å². The van der Waals surface area contributed by atoms with Gasteiger partial charge in [-0.15, -0.1) is 0 Å². The molecule has 1 unspecified atom stereocenters. The predicted octanol–water partition coefficient (Wildman–Crippen LogP) is 3.13. The van der Waals surface area contributed by atoms with Crippen LogP contribution in [0.15, 0.2) is 16.7 Å². The van der Waals surface area contributed by atoms with Crippen molar-refractivity contribution >= 4 is 27.4 Å². The van der Waals surface area contributed by atoms with Crippen LogP contribution < -0.4 is 5.32 Å². The minimum absolute atomic E-state index is 0.176. The lowest BCUT2D eigenvalue weighted by molar-refractivity contribution is -0.385. The summed E-state index contributed by atoms with van der Waals surface area (Å²) in [5.41, 5.74) is -0.191. The zero-order valence-electron chi connectivity index (χ0n) is 10.3. The Labute approximate surface area is 120 Å². The van der Waals surface area contributed by atoms with E-state index in [0.29, 0.717) is 10.3 Å². The van der Waals surface area contributed by atoms with E-state index >= 15 is 0 Å². The Morgan fingerprint density at radius 1 is 1.60 bits per heavy atom. The summed E-state index contributed by atoms with van der Waals surface area (Å²) >= 11 is 3.09. The minimum Gasteiger partial charge on any atom is -0.370 e. The monoisotopic (exact) mass is 357 g/mol. The van der Waals surface area contributed by atoms with E-state index in [1.165, 1.54) is 6.07 Å². The molecule has 0 aliphatic rings. The lowest BCUT2D eigenvalue weighted by Gasteiger charge is -2.16. The molecule has 0 saturated carbocycles. The van der Waals surface area contributed by atoms with Crippen molar-refractivity contribution in [2.75, 3.05) is 18.5 Å². The molecule has 1 atom stereocenters. The summed E-state index contributed by atoms with van der Waals surface area (Å²) in [6, 6.07) is 0.807. The highest BCUT2D eigenvalue weighted by Gasteiger charge is 2.27. The zero-order valence-corrected chi connectivity index (χ0v) is 11.9. The Kier molecular flexibility index (Phi) is 5.69. The minimum atomic E-state index is -4.37. The molecule has 0 saturated heterocycles. The highest BCUT2D eigenvalue weighted by atomic mass is 79.9. The molecule has 1 rings (SSSR count). The van der Waals surface area contributed by atoms with Crippen molar-refractivity contribution in [1.82, 2.24) is 4.98 Å². The number of nitrogens with zero attached hydrogens (tertiary/aromatic N) is 2. The predicted molar refractivity (Wildman–Crippen MR) is 68.6 cm³/mol. The number of nitrogens with one attached hydrogen (secondary N) is 1. The SMILES string of the molecule is CC(COCC(F)(F)F)Nc1ncc([N+](=O)[O-])cc1Br. The highest BCUT2D eigenvalue weighted by Crippen LogP contribution is 2.25. The fourth-order valence-corrected chi connectivity index (χ4v) is 1.71. The van der Waals surface area contributed by atoms with Crippen LogP contribution in [0.3, 0.4) is 0 Å². The number of ether oxygens (including phenoxy) is 1. The van der Waals surface area contributed by atoms with Crippen LogP contribution in [-0.2, 0) is 4.74 Å². The van der Waals surface area contributed by atoms with E-state index in [0.717, 1.165) is 6.20 Å². The van der Waals surface area contributed by atoms with Crippen LogP contribution in [0.5, 0.6) is 0 Å². The number of nitro groups is 1. The van der Waals surface area contributed by atoms with Gasteiger partial charge >= 0.3 is 6.18 Å². The Bertz CT molecular complexity index is 485. The van der Waals surface area contributed by atoms with E-state index in [-0.39, 0.29) is 12.3 Å². The van der Waals surface area contributed by atoms with E-state index in [1.54, 1.807) is 6.92 Å². The maximum Gasteiger partial charge on any atom is 0.411 e. The Hall–Kier alpha value is -1.42. The largest absolute Gasteiger partial charge is 0.411 e. The molecule has 6 nitrogen and oxygen atoms in total. The average Bonchev–Trinajstić information content (AvgIpc) is 2.29. The van der Waals surface area contributed by atoms with Crippen molar-refractivity contribution in [3.8, 4) is 0 Å². The van der Waals surface area contributed by atoms with Gasteiger partial charge in [-0.25, -0.2) is 4.98 Å². The van der Waals surface area contributed by atoms with E-state index < -0.39 is 23.7 Å². The normalized spacial score (nSPS) is 13.1. The number of aromatic nitrogens is 1. The third-order valence-electron chi connectivity index (χ3n) is 2.05. The van der Waals surface area contributed by atoms with E-state index in [2.05, 4.69) is 31.0 Å². The fourth-order valence-electron chi connectivity index (χ4n) is 1.26. The van der Waals surface area contributed by atoms with Crippen LogP contribution >= 0.6 is 15.9 Å². The number of anilines is 1. The smallest absolute Gasteiger partial charge is 0.370 e. The second-order valence-electron chi connectivity index (χ2n) is 3.96. The fraction of sp³-hybridized carbons (Fsp3) is 0.500. The first-order chi connectivity index (χ1) is 9.19. The molecule has 20 heavy (non-hydrogen) atoms. The zero-order chi connectivity index (χ0) is 15.3. The molecule has 1 aromatic rings. The van der Waals surface area contributed by atoms with Gasteiger partial charge < -0.3 is 10.1 Å². The van der Waals surface area contributed by atoms with E-state index in [4.69, 9.17) is 0 Å². The van der Waals surface area contributed by atoms with Gasteiger partial charge in [0.25, 0.3) is 5.69 Å². The molecule has 1 N–H and O–H groups in total. The summed E-state index contributed by atoms with van der Waals surface area (Å²) in [7, 11) is 0. The molecule has 1 heterocycles. The van der Waals surface area contributed by atoms with Gasteiger partial charge in [0.1, 0.15) is 18.6 Å². The quantitative estimate of drug-likeness (QED) is 0.625. The van der Waals surface area contributed by atoms with Crippen molar-refractivity contribution < 1.29 is 22.8 Å². The van der Waals surface area contributed by atoms with Gasteiger partial charge in [-0.1, -0.05) is 0 Å². The molecule has 10 heteroatoms. The number of alkyl halides is 3. The molecule has 0 fully saturated rings. The van der Waals surface area contributed by atoms with Crippen molar-refractivity contribution in [2.24, 2.45) is 0 Å². The summed E-state index contributed by atoms with van der Waals surface area (Å²) in [5, 5.41) is 13.3. The maximum atomic E-state index is 11.9. The molecule has 0 spiro atoms. The lowest BCUT2D eigenvalue weighted by Crippen LogP contribution is -2.26. The third-order valence-corrected chi connectivity index (χ3v) is 2.66. The second kappa shape index (κ2) is 6.84. The number of halogens is 4. The van der Waals surface area contributed by atoms with Gasteiger partial charge in [-0.05, 0) is 22.9 Å². The summed E-state index contributed by atoms with van der Waals surface area (Å²) in [6.45, 7) is 0.102. The highest BCUT2D eigenvalue weighted by molar-refractivity contribution is 9.10. The molecule has 0 amide bonds. The number of pyridine rings is 1. The molecule has 0 radical (unpaired) electrons. The molecular formula is C10H11BrF3N3O3. The Morgan fingerprint density at radius 3 is 2.75 bits per heavy atom. The first-order valence-corrected chi connectivity index (χ1v) is 6.19. The van der Waals surface area contributed by atoms with Gasteiger partial charge in [0, 0.05) is 12.1 Å². The van der Waals surface area contributed by atoms with Gasteiger partial charge in [0.05, 0.1) is 16.0 Å².